The van der Waals surface area contributed by atoms with Gasteiger partial charge in [-0.2, -0.15) is 0 Å². The lowest BCUT2D eigenvalue weighted by Gasteiger charge is -2.45. The third-order valence-corrected chi connectivity index (χ3v) is 28.2. The summed E-state index contributed by atoms with van der Waals surface area (Å²) in [5.74, 6) is 0. The molecular weight excluding hydrogens is 371 g/mol. The molecule has 5 heteroatoms. The van der Waals surface area contributed by atoms with Gasteiger partial charge >= 0.3 is 0 Å². The van der Waals surface area contributed by atoms with Crippen LogP contribution in [0.25, 0.3) is 11.1 Å². The molecule has 0 spiro atoms. The molecule has 0 bridgehead atoms. The van der Waals surface area contributed by atoms with Crippen molar-refractivity contribution in [2.75, 3.05) is 0 Å². The molecule has 23 heavy (non-hydrogen) atoms. The minimum atomic E-state index is -1.72. The van der Waals surface area contributed by atoms with Crippen LogP contribution in [0, 0.1) is 0 Å². The molecule has 0 aromatic heterocycles. The van der Waals surface area contributed by atoms with E-state index in [0.29, 0.717) is 0 Å². The molecule has 2 aliphatic rings. The number of hydrogen-bond donors (Lipinski definition) is 0. The third-order valence-electron chi connectivity index (χ3n) is 6.71. The molecule has 0 saturated heterocycles. The normalized spacial score (nSPS) is 21.2. The maximum absolute atomic E-state index is 6.58. The summed E-state index contributed by atoms with van der Waals surface area (Å²) in [7, 11) is -4.89. The maximum atomic E-state index is 6.58. The van der Waals surface area contributed by atoms with Gasteiger partial charge in [0.25, 0.3) is 0 Å². The van der Waals surface area contributed by atoms with Crippen molar-refractivity contribution in [1.29, 1.82) is 0 Å². The zero-order valence-electron chi connectivity index (χ0n) is 14.6. The molecule has 120 valence electrons. The Kier molecular flexibility index (Phi) is 3.12. The molecule has 0 aliphatic carbocycles. The van der Waals surface area contributed by atoms with E-state index in [0.717, 1.165) is 10.0 Å². The monoisotopic (exact) mass is 392 g/mol. The van der Waals surface area contributed by atoms with E-state index < -0.39 is 23.3 Å². The van der Waals surface area contributed by atoms with E-state index in [9.17, 15) is 0 Å². The molecule has 0 radical (unpaired) electrons. The summed E-state index contributed by atoms with van der Waals surface area (Å²) in [6, 6.07) is 9.07. The number of hydrogen-bond acceptors (Lipinski definition) is 0. The van der Waals surface area contributed by atoms with Crippen LogP contribution >= 0.6 is 23.2 Å². The van der Waals surface area contributed by atoms with Crippen LogP contribution in [-0.4, -0.2) is 23.3 Å². The van der Waals surface area contributed by atoms with Gasteiger partial charge in [-0.25, -0.2) is 0 Å². The van der Waals surface area contributed by atoms with Gasteiger partial charge in [-0.1, -0.05) is 72.9 Å². The van der Waals surface area contributed by atoms with E-state index in [1.165, 1.54) is 10.4 Å². The first-order valence-electron chi connectivity index (χ1n) is 8.19. The van der Waals surface area contributed by atoms with Crippen LogP contribution in [0.4, 0.5) is 0 Å². The van der Waals surface area contributed by atoms with Gasteiger partial charge in [-0.05, 0) is 45.8 Å². The van der Waals surface area contributed by atoms with Crippen LogP contribution in [0.3, 0.4) is 0 Å². The van der Waals surface area contributed by atoms with Crippen LogP contribution in [-0.2, 0) is 0 Å². The second-order valence-corrected chi connectivity index (χ2v) is 28.9. The van der Waals surface area contributed by atoms with Crippen molar-refractivity contribution in [3.8, 4) is 11.1 Å². The zero-order chi connectivity index (χ0) is 16.9. The Labute approximate surface area is 151 Å². The van der Waals surface area contributed by atoms with E-state index >= 15 is 0 Å². The number of rotatable bonds is 0. The zero-order valence-corrected chi connectivity index (χ0v) is 19.1. The van der Waals surface area contributed by atoms with Gasteiger partial charge in [-0.3, -0.25) is 0 Å². The largest absolute Gasteiger partial charge is 0.113 e. The highest BCUT2D eigenvalue weighted by Crippen LogP contribution is 2.38. The SMILES string of the molecule is C[Si]1(C)c2cc(Cl)cc3c2-c2c1cc(Cl)cc2[Si](C)(C)[Si]3(C)C. The molecule has 0 unspecified atom stereocenters. The molecule has 0 atom stereocenters. The highest BCUT2D eigenvalue weighted by molar-refractivity contribution is 7.51. The molecule has 2 heterocycles. The van der Waals surface area contributed by atoms with Gasteiger partial charge in [0, 0.05) is 10.0 Å². The van der Waals surface area contributed by atoms with Gasteiger partial charge in [0.2, 0.25) is 0 Å². The average molecular weight is 394 g/mol. The fraction of sp³-hybridized carbons (Fsp3) is 0.333. The van der Waals surface area contributed by atoms with Crippen molar-refractivity contribution in [1.82, 2.24) is 0 Å². The predicted octanol–water partition coefficient (Wildman–Crippen LogP) is 3.72. The summed E-state index contributed by atoms with van der Waals surface area (Å²) in [4.78, 5) is 0. The Balaban J connectivity index is 2.29. The summed E-state index contributed by atoms with van der Waals surface area (Å²) < 4.78 is 0. The van der Waals surface area contributed by atoms with Crippen molar-refractivity contribution in [3.05, 3.63) is 34.3 Å². The second kappa shape index (κ2) is 4.44. The van der Waals surface area contributed by atoms with E-state index in [1.807, 2.05) is 0 Å². The first-order valence-corrected chi connectivity index (χ1v) is 18.9. The highest BCUT2D eigenvalue weighted by Gasteiger charge is 2.54. The van der Waals surface area contributed by atoms with E-state index in [-0.39, 0.29) is 0 Å². The minimum Gasteiger partial charge on any atom is -0.0844 e. The summed E-state index contributed by atoms with van der Waals surface area (Å²) in [5.41, 5.74) is 3.10. The third kappa shape index (κ3) is 1.78. The lowest BCUT2D eigenvalue weighted by Crippen LogP contribution is -2.72. The molecule has 0 N–H and O–H groups in total. The van der Waals surface area contributed by atoms with E-state index in [1.54, 1.807) is 21.5 Å². The molecule has 2 aromatic rings. The fourth-order valence-electron chi connectivity index (χ4n) is 4.54. The first kappa shape index (κ1) is 16.2. The van der Waals surface area contributed by atoms with Crippen molar-refractivity contribution < 1.29 is 0 Å². The molecule has 2 aromatic carbocycles. The molecule has 0 nitrogen and oxygen atoms in total. The van der Waals surface area contributed by atoms with Gasteiger partial charge in [0.15, 0.2) is 0 Å². The topological polar surface area (TPSA) is 0 Å². The molecule has 4 rings (SSSR count). The Bertz CT molecular complexity index is 811. The van der Waals surface area contributed by atoms with Gasteiger partial charge in [0.1, 0.15) is 8.07 Å². The summed E-state index contributed by atoms with van der Waals surface area (Å²) in [6.45, 7) is 15.1. The van der Waals surface area contributed by atoms with Crippen LogP contribution in [0.5, 0.6) is 0 Å². The summed E-state index contributed by atoms with van der Waals surface area (Å²) in [5, 5.41) is 8.11. The lowest BCUT2D eigenvalue weighted by atomic mass is 10.1. The average Bonchev–Trinajstić information content (AvgIpc) is 2.65. The van der Waals surface area contributed by atoms with Crippen molar-refractivity contribution in [3.63, 3.8) is 0 Å². The smallest absolute Gasteiger partial charge is 0.0844 e. The molecule has 0 amide bonds. The maximum Gasteiger partial charge on any atom is 0.113 e. The summed E-state index contributed by atoms with van der Waals surface area (Å²) in [6.07, 6.45) is 0. The fourth-order valence-corrected chi connectivity index (χ4v) is 18.1. The van der Waals surface area contributed by atoms with Gasteiger partial charge < -0.3 is 0 Å². The second-order valence-electron chi connectivity index (χ2n) is 8.63. The highest BCUT2D eigenvalue weighted by atomic mass is 35.5. The van der Waals surface area contributed by atoms with Crippen LogP contribution < -0.4 is 20.7 Å². The first-order chi connectivity index (χ1) is 10.5. The van der Waals surface area contributed by atoms with E-state index in [2.05, 4.69) is 63.5 Å². The number of halogens is 2. The van der Waals surface area contributed by atoms with Gasteiger partial charge in [0.05, 0.1) is 15.2 Å². The van der Waals surface area contributed by atoms with Crippen molar-refractivity contribution >= 4 is 67.2 Å². The van der Waals surface area contributed by atoms with Gasteiger partial charge in [-0.15, -0.1) is 0 Å². The Hall–Kier alpha value is -0.329. The summed E-state index contributed by atoms with van der Waals surface area (Å²) >= 11 is 13.2. The Morgan fingerprint density at radius 2 is 0.870 bits per heavy atom. The Morgan fingerprint density at radius 1 is 0.565 bits per heavy atom. The molecule has 0 saturated carbocycles. The van der Waals surface area contributed by atoms with E-state index in [4.69, 9.17) is 23.2 Å². The predicted molar refractivity (Wildman–Crippen MR) is 113 cm³/mol. The van der Waals surface area contributed by atoms with Crippen molar-refractivity contribution in [2.45, 2.75) is 39.3 Å². The quantitative estimate of drug-likeness (QED) is 0.599. The number of benzene rings is 2. The molecule has 2 aliphatic heterocycles. The minimum absolute atomic E-state index is 0.923. The Morgan fingerprint density at radius 3 is 1.22 bits per heavy atom. The molecular formula is C18H22Cl2Si3. The molecule has 0 fully saturated rings. The van der Waals surface area contributed by atoms with Crippen LogP contribution in [0.1, 0.15) is 0 Å². The van der Waals surface area contributed by atoms with Crippen molar-refractivity contribution in [2.24, 2.45) is 0 Å². The lowest BCUT2D eigenvalue weighted by molar-refractivity contribution is 1.66. The standard InChI is InChI=1S/C18H22Cl2Si3/c1-21(2)13-7-11(19)9-15-17(13)18-14(21)8-12(20)10-16(18)23(5,6)22(15,3)4/h7-10H,1-6H3. The van der Waals surface area contributed by atoms with Crippen LogP contribution in [0.15, 0.2) is 24.3 Å². The van der Waals surface area contributed by atoms with Crippen LogP contribution in [0.2, 0.25) is 49.3 Å².